The number of hydrogen-bond acceptors (Lipinski definition) is 1. The number of rotatable bonds is 4. The Bertz CT molecular complexity index is 162. The maximum Gasteiger partial charge on any atom is 0.158 e. The fraction of sp³-hybridized carbons (Fsp3) is 0.700. The van der Waals surface area contributed by atoms with Crippen LogP contribution >= 0.6 is 0 Å². The van der Waals surface area contributed by atoms with Crippen LogP contribution in [0, 0.1) is 0 Å². The Morgan fingerprint density at radius 3 is 2.09 bits per heavy atom. The Balaban J connectivity index is 3.95. The largest absolute Gasteiger partial charge is 0.295 e. The van der Waals surface area contributed by atoms with Crippen LogP contribution < -0.4 is 0 Å². The van der Waals surface area contributed by atoms with Gasteiger partial charge in [0, 0.05) is 6.42 Å². The molecular formula is C10H18O. The van der Waals surface area contributed by atoms with Gasteiger partial charge in [-0.3, -0.25) is 4.79 Å². The van der Waals surface area contributed by atoms with Crippen LogP contribution in [0.5, 0.6) is 0 Å². The minimum atomic E-state index is 0.312. The van der Waals surface area contributed by atoms with Gasteiger partial charge in [-0.05, 0) is 32.8 Å². The molecule has 11 heavy (non-hydrogen) atoms. The van der Waals surface area contributed by atoms with Crippen molar-refractivity contribution in [2.75, 3.05) is 0 Å². The van der Waals surface area contributed by atoms with Gasteiger partial charge in [0.1, 0.15) is 0 Å². The van der Waals surface area contributed by atoms with Crippen molar-refractivity contribution in [2.45, 2.75) is 47.0 Å². The first-order chi connectivity index (χ1) is 5.09. The molecule has 1 nitrogen and oxygen atoms in total. The zero-order valence-electron chi connectivity index (χ0n) is 8.03. The second-order valence-corrected chi connectivity index (χ2v) is 3.15. The molecule has 0 N–H and O–H groups in total. The second-order valence-electron chi connectivity index (χ2n) is 3.15. The highest BCUT2D eigenvalue weighted by molar-refractivity contribution is 5.95. The van der Waals surface area contributed by atoms with Crippen LogP contribution in [-0.2, 0) is 4.79 Å². The van der Waals surface area contributed by atoms with Crippen LogP contribution in [0.1, 0.15) is 47.0 Å². The smallest absolute Gasteiger partial charge is 0.158 e. The van der Waals surface area contributed by atoms with Gasteiger partial charge in [0.25, 0.3) is 0 Å². The highest BCUT2D eigenvalue weighted by Crippen LogP contribution is 2.08. The monoisotopic (exact) mass is 154 g/mol. The highest BCUT2D eigenvalue weighted by atomic mass is 16.1. The molecule has 0 unspecified atom stereocenters. The van der Waals surface area contributed by atoms with E-state index >= 15 is 0 Å². The van der Waals surface area contributed by atoms with Crippen molar-refractivity contribution in [3.8, 4) is 0 Å². The van der Waals surface area contributed by atoms with Crippen molar-refractivity contribution >= 4 is 5.78 Å². The van der Waals surface area contributed by atoms with E-state index < -0.39 is 0 Å². The molecular weight excluding hydrogens is 136 g/mol. The molecule has 0 bridgehead atoms. The summed E-state index contributed by atoms with van der Waals surface area (Å²) >= 11 is 0. The standard InChI is InChI=1S/C10H18O/c1-5-6-7-10(11)9(4)8(2)3/h5-7H2,1-4H3. The fourth-order valence-electron chi connectivity index (χ4n) is 0.804. The molecule has 0 fully saturated rings. The lowest BCUT2D eigenvalue weighted by Crippen LogP contribution is -2.00. The zero-order valence-corrected chi connectivity index (χ0v) is 8.03. The normalized spacial score (nSPS) is 9.45. The molecule has 0 aliphatic rings. The molecule has 0 aromatic carbocycles. The average molecular weight is 154 g/mol. The van der Waals surface area contributed by atoms with E-state index in [1.54, 1.807) is 0 Å². The molecule has 0 saturated heterocycles. The summed E-state index contributed by atoms with van der Waals surface area (Å²) in [6, 6.07) is 0. The molecule has 0 aliphatic carbocycles. The summed E-state index contributed by atoms with van der Waals surface area (Å²) < 4.78 is 0. The Kier molecular flexibility index (Phi) is 4.84. The number of allylic oxidation sites excluding steroid dienone is 2. The van der Waals surface area contributed by atoms with E-state index in [1.165, 1.54) is 0 Å². The Labute approximate surface area is 69.5 Å². The van der Waals surface area contributed by atoms with Gasteiger partial charge >= 0.3 is 0 Å². The van der Waals surface area contributed by atoms with E-state index in [9.17, 15) is 4.79 Å². The van der Waals surface area contributed by atoms with E-state index in [-0.39, 0.29) is 0 Å². The number of Topliss-reactive ketones (excluding diaryl/α,β-unsaturated/α-hetero) is 1. The molecule has 64 valence electrons. The number of ketones is 1. The van der Waals surface area contributed by atoms with Gasteiger partial charge in [-0.1, -0.05) is 18.9 Å². The summed E-state index contributed by atoms with van der Waals surface area (Å²) in [5, 5.41) is 0. The molecule has 0 spiro atoms. The Morgan fingerprint density at radius 1 is 1.18 bits per heavy atom. The van der Waals surface area contributed by atoms with Crippen molar-refractivity contribution in [3.63, 3.8) is 0 Å². The van der Waals surface area contributed by atoms with Gasteiger partial charge in [0.05, 0.1) is 0 Å². The Hall–Kier alpha value is -0.590. The minimum Gasteiger partial charge on any atom is -0.295 e. The summed E-state index contributed by atoms with van der Waals surface area (Å²) in [7, 11) is 0. The predicted octanol–water partition coefficient (Wildman–Crippen LogP) is 3.10. The molecule has 0 radical (unpaired) electrons. The third-order valence-electron chi connectivity index (χ3n) is 1.93. The van der Waals surface area contributed by atoms with Gasteiger partial charge in [0.15, 0.2) is 5.78 Å². The lowest BCUT2D eigenvalue weighted by Gasteiger charge is -2.01. The lowest BCUT2D eigenvalue weighted by atomic mass is 10.0. The van der Waals surface area contributed by atoms with Crippen molar-refractivity contribution < 1.29 is 4.79 Å². The molecule has 0 amide bonds. The molecule has 0 saturated carbocycles. The first-order valence-electron chi connectivity index (χ1n) is 4.26. The van der Waals surface area contributed by atoms with Crippen molar-refractivity contribution in [3.05, 3.63) is 11.1 Å². The maximum absolute atomic E-state index is 11.3. The molecule has 0 aromatic heterocycles. The molecule has 0 atom stereocenters. The zero-order chi connectivity index (χ0) is 8.85. The third-order valence-corrected chi connectivity index (χ3v) is 1.93. The summed E-state index contributed by atoms with van der Waals surface area (Å²) in [4.78, 5) is 11.3. The van der Waals surface area contributed by atoms with Crippen LogP contribution in [0.3, 0.4) is 0 Å². The predicted molar refractivity (Wildman–Crippen MR) is 48.6 cm³/mol. The molecule has 0 rings (SSSR count). The van der Waals surface area contributed by atoms with Crippen LogP contribution in [0.15, 0.2) is 11.1 Å². The summed E-state index contributed by atoms with van der Waals surface area (Å²) in [6.45, 7) is 7.98. The van der Waals surface area contributed by atoms with Gasteiger partial charge in [-0.15, -0.1) is 0 Å². The van der Waals surface area contributed by atoms with Gasteiger partial charge < -0.3 is 0 Å². The van der Waals surface area contributed by atoms with Crippen molar-refractivity contribution in [1.29, 1.82) is 0 Å². The first-order valence-corrected chi connectivity index (χ1v) is 4.26. The molecule has 0 heterocycles. The van der Waals surface area contributed by atoms with E-state index in [0.717, 1.165) is 24.0 Å². The van der Waals surface area contributed by atoms with E-state index in [0.29, 0.717) is 12.2 Å². The van der Waals surface area contributed by atoms with Crippen LogP contribution in [-0.4, -0.2) is 5.78 Å². The number of carbonyl (C=O) groups excluding carboxylic acids is 1. The molecule has 0 aromatic rings. The SMILES string of the molecule is CCCCC(=O)C(C)=C(C)C. The summed E-state index contributed by atoms with van der Waals surface area (Å²) in [6.07, 6.45) is 2.83. The maximum atomic E-state index is 11.3. The second kappa shape index (κ2) is 5.11. The van der Waals surface area contributed by atoms with Crippen LogP contribution in [0.25, 0.3) is 0 Å². The van der Waals surface area contributed by atoms with E-state index in [4.69, 9.17) is 0 Å². The number of hydrogen-bond donors (Lipinski definition) is 0. The quantitative estimate of drug-likeness (QED) is 0.569. The lowest BCUT2D eigenvalue weighted by molar-refractivity contribution is -0.115. The van der Waals surface area contributed by atoms with E-state index in [2.05, 4.69) is 6.92 Å². The first kappa shape index (κ1) is 10.4. The average Bonchev–Trinajstić information content (AvgIpc) is 1.98. The van der Waals surface area contributed by atoms with Gasteiger partial charge in [-0.2, -0.15) is 0 Å². The highest BCUT2D eigenvalue weighted by Gasteiger charge is 2.03. The summed E-state index contributed by atoms with van der Waals surface area (Å²) in [5.41, 5.74) is 2.09. The summed E-state index contributed by atoms with van der Waals surface area (Å²) in [5.74, 6) is 0.312. The molecule has 1 heteroatoms. The van der Waals surface area contributed by atoms with Gasteiger partial charge in [0.2, 0.25) is 0 Å². The van der Waals surface area contributed by atoms with Crippen molar-refractivity contribution in [1.82, 2.24) is 0 Å². The minimum absolute atomic E-state index is 0.312. The van der Waals surface area contributed by atoms with Crippen molar-refractivity contribution in [2.24, 2.45) is 0 Å². The topological polar surface area (TPSA) is 17.1 Å². The van der Waals surface area contributed by atoms with Crippen LogP contribution in [0.4, 0.5) is 0 Å². The number of unbranched alkanes of at least 4 members (excludes halogenated alkanes) is 1. The van der Waals surface area contributed by atoms with Gasteiger partial charge in [-0.25, -0.2) is 0 Å². The number of carbonyl (C=O) groups is 1. The van der Waals surface area contributed by atoms with Crippen LogP contribution in [0.2, 0.25) is 0 Å². The van der Waals surface area contributed by atoms with E-state index in [1.807, 2.05) is 20.8 Å². The Morgan fingerprint density at radius 2 is 1.73 bits per heavy atom. The third kappa shape index (κ3) is 3.97. The fourth-order valence-corrected chi connectivity index (χ4v) is 0.804. The molecule has 0 aliphatic heterocycles.